The highest BCUT2D eigenvalue weighted by Crippen LogP contribution is 2.19. The zero-order valence-corrected chi connectivity index (χ0v) is 19.3. The molecule has 8 heteroatoms. The van der Waals surface area contributed by atoms with Gasteiger partial charge in [-0.3, -0.25) is 14.2 Å². The van der Waals surface area contributed by atoms with Crippen LogP contribution in [0, 0.1) is 20.8 Å². The number of aromatic nitrogens is 2. The van der Waals surface area contributed by atoms with Crippen LogP contribution in [0.4, 0.5) is 5.69 Å². The molecule has 0 bridgehead atoms. The molecule has 0 unspecified atom stereocenters. The largest absolute Gasteiger partial charge is 0.497 e. The third kappa shape index (κ3) is 5.78. The van der Waals surface area contributed by atoms with E-state index in [1.54, 1.807) is 38.3 Å². The lowest BCUT2D eigenvalue weighted by Crippen LogP contribution is -2.35. The number of rotatable bonds is 9. The summed E-state index contributed by atoms with van der Waals surface area (Å²) in [6.07, 6.45) is 0.163. The Hall–Kier alpha value is -3.65. The van der Waals surface area contributed by atoms with Gasteiger partial charge in [0, 0.05) is 30.0 Å². The van der Waals surface area contributed by atoms with Gasteiger partial charge in [-0.05, 0) is 62.2 Å². The fraction of sp³-hybridized carbons (Fsp3) is 0.320. The summed E-state index contributed by atoms with van der Waals surface area (Å²) < 4.78 is 12.3. The van der Waals surface area contributed by atoms with Gasteiger partial charge in [0.1, 0.15) is 30.5 Å². The molecule has 0 atom stereocenters. The van der Waals surface area contributed by atoms with Gasteiger partial charge >= 0.3 is 0 Å². The van der Waals surface area contributed by atoms with Gasteiger partial charge in [-0.15, -0.1) is 0 Å². The van der Waals surface area contributed by atoms with Gasteiger partial charge in [-0.2, -0.15) is 0 Å². The van der Waals surface area contributed by atoms with Crippen molar-refractivity contribution in [3.63, 3.8) is 0 Å². The summed E-state index contributed by atoms with van der Waals surface area (Å²) in [6.45, 7) is 5.20. The van der Waals surface area contributed by atoms with Crippen molar-refractivity contribution in [3.05, 3.63) is 81.0 Å². The number of anilines is 1. The van der Waals surface area contributed by atoms with E-state index >= 15 is 0 Å². The number of ether oxygens (including phenoxy) is 2. The SMILES string of the molecule is COc1ccc(OCc2nc(C)c(CCO)c(=O)n2CC(=O)Nc2cccc(C)c2C)cc1. The Kier molecular flexibility index (Phi) is 7.84. The molecule has 0 fully saturated rings. The van der Waals surface area contributed by atoms with Crippen LogP contribution in [-0.4, -0.2) is 34.3 Å². The second-order valence-electron chi connectivity index (χ2n) is 7.72. The quantitative estimate of drug-likeness (QED) is 0.519. The van der Waals surface area contributed by atoms with E-state index in [4.69, 9.17) is 9.47 Å². The third-order valence-corrected chi connectivity index (χ3v) is 5.52. The van der Waals surface area contributed by atoms with Crippen LogP contribution < -0.4 is 20.3 Å². The predicted octanol–water partition coefficient (Wildman–Crippen LogP) is 2.93. The maximum Gasteiger partial charge on any atom is 0.257 e. The first kappa shape index (κ1) is 24.0. The molecule has 33 heavy (non-hydrogen) atoms. The van der Waals surface area contributed by atoms with Crippen molar-refractivity contribution in [2.24, 2.45) is 0 Å². The van der Waals surface area contributed by atoms with E-state index in [0.717, 1.165) is 11.1 Å². The van der Waals surface area contributed by atoms with Gasteiger partial charge in [0.15, 0.2) is 0 Å². The Morgan fingerprint density at radius 1 is 1.09 bits per heavy atom. The lowest BCUT2D eigenvalue weighted by molar-refractivity contribution is -0.116. The van der Waals surface area contributed by atoms with Crippen LogP contribution in [0.15, 0.2) is 47.3 Å². The molecule has 2 aromatic carbocycles. The molecule has 1 aromatic heterocycles. The summed E-state index contributed by atoms with van der Waals surface area (Å²) in [5, 5.41) is 12.2. The number of benzene rings is 2. The minimum absolute atomic E-state index is 0.00142. The molecule has 0 aliphatic rings. The monoisotopic (exact) mass is 451 g/mol. The van der Waals surface area contributed by atoms with Gasteiger partial charge in [-0.1, -0.05) is 12.1 Å². The highest BCUT2D eigenvalue weighted by molar-refractivity contribution is 5.91. The second-order valence-corrected chi connectivity index (χ2v) is 7.72. The van der Waals surface area contributed by atoms with E-state index in [-0.39, 0.29) is 37.6 Å². The Morgan fingerprint density at radius 3 is 2.45 bits per heavy atom. The number of aryl methyl sites for hydroxylation is 2. The molecule has 3 aromatic rings. The average molecular weight is 452 g/mol. The van der Waals surface area contributed by atoms with Crippen molar-refractivity contribution in [1.29, 1.82) is 0 Å². The van der Waals surface area contributed by atoms with Gasteiger partial charge in [0.2, 0.25) is 5.91 Å². The number of nitrogens with one attached hydrogen (secondary N) is 1. The van der Waals surface area contributed by atoms with Crippen LogP contribution in [0.25, 0.3) is 0 Å². The number of carbonyl (C=O) groups is 1. The van der Waals surface area contributed by atoms with Crippen LogP contribution in [0.2, 0.25) is 0 Å². The number of hydrogen-bond acceptors (Lipinski definition) is 6. The molecule has 0 spiro atoms. The molecule has 0 radical (unpaired) electrons. The summed E-state index contributed by atoms with van der Waals surface area (Å²) >= 11 is 0. The van der Waals surface area contributed by atoms with Crippen LogP contribution >= 0.6 is 0 Å². The number of hydrogen-bond donors (Lipinski definition) is 2. The van der Waals surface area contributed by atoms with Crippen LogP contribution in [0.3, 0.4) is 0 Å². The van der Waals surface area contributed by atoms with E-state index in [1.165, 1.54) is 4.57 Å². The molecule has 174 valence electrons. The van der Waals surface area contributed by atoms with E-state index in [2.05, 4.69) is 10.3 Å². The Labute approximate surface area is 192 Å². The van der Waals surface area contributed by atoms with E-state index in [9.17, 15) is 14.7 Å². The average Bonchev–Trinajstić information content (AvgIpc) is 2.80. The summed E-state index contributed by atoms with van der Waals surface area (Å²) in [6, 6.07) is 12.7. The van der Waals surface area contributed by atoms with Crippen molar-refractivity contribution in [1.82, 2.24) is 9.55 Å². The minimum atomic E-state index is -0.360. The number of aliphatic hydroxyl groups excluding tert-OH is 1. The minimum Gasteiger partial charge on any atom is -0.497 e. The molecule has 0 saturated carbocycles. The molecule has 0 saturated heterocycles. The first-order valence-electron chi connectivity index (χ1n) is 10.7. The normalized spacial score (nSPS) is 10.7. The standard InChI is InChI=1S/C25H29N3O5/c1-16-6-5-7-22(17(16)2)27-24(30)14-28-23(26-18(3)21(12-13-29)25(28)31)15-33-20-10-8-19(32-4)9-11-20/h5-11,29H,12-15H2,1-4H3,(H,27,30). The van der Waals surface area contributed by atoms with Gasteiger partial charge in [0.25, 0.3) is 5.56 Å². The van der Waals surface area contributed by atoms with Crippen molar-refractivity contribution < 1.29 is 19.4 Å². The lowest BCUT2D eigenvalue weighted by Gasteiger charge is -2.17. The lowest BCUT2D eigenvalue weighted by atomic mass is 10.1. The molecular weight excluding hydrogens is 422 g/mol. The molecule has 0 aliphatic carbocycles. The molecule has 1 heterocycles. The van der Waals surface area contributed by atoms with Gasteiger partial charge in [-0.25, -0.2) is 4.98 Å². The van der Waals surface area contributed by atoms with E-state index < -0.39 is 0 Å². The van der Waals surface area contributed by atoms with Crippen molar-refractivity contribution in [2.45, 2.75) is 40.3 Å². The molecule has 0 aliphatic heterocycles. The van der Waals surface area contributed by atoms with Crippen molar-refractivity contribution in [2.75, 3.05) is 19.0 Å². The maximum absolute atomic E-state index is 13.2. The Balaban J connectivity index is 1.88. The summed E-state index contributed by atoms with van der Waals surface area (Å²) in [5.41, 5.74) is 3.24. The van der Waals surface area contributed by atoms with E-state index in [0.29, 0.717) is 34.3 Å². The number of amides is 1. The predicted molar refractivity (Wildman–Crippen MR) is 126 cm³/mol. The first-order valence-corrected chi connectivity index (χ1v) is 10.7. The van der Waals surface area contributed by atoms with Gasteiger partial charge < -0.3 is 19.9 Å². The number of methoxy groups -OCH3 is 1. The molecular formula is C25H29N3O5. The summed E-state index contributed by atoms with van der Waals surface area (Å²) in [5.74, 6) is 1.25. The first-order chi connectivity index (χ1) is 15.8. The number of carbonyl (C=O) groups excluding carboxylic acids is 1. The smallest absolute Gasteiger partial charge is 0.257 e. The summed E-state index contributed by atoms with van der Waals surface area (Å²) in [7, 11) is 1.58. The Bertz CT molecular complexity index is 1190. The molecule has 2 N–H and O–H groups in total. The van der Waals surface area contributed by atoms with Crippen molar-refractivity contribution >= 4 is 11.6 Å². The topological polar surface area (TPSA) is 103 Å². The number of aliphatic hydroxyl groups is 1. The van der Waals surface area contributed by atoms with Crippen molar-refractivity contribution in [3.8, 4) is 11.5 Å². The highest BCUT2D eigenvalue weighted by atomic mass is 16.5. The zero-order valence-electron chi connectivity index (χ0n) is 19.3. The summed E-state index contributed by atoms with van der Waals surface area (Å²) in [4.78, 5) is 30.5. The zero-order chi connectivity index (χ0) is 24.0. The Morgan fingerprint density at radius 2 is 1.79 bits per heavy atom. The van der Waals surface area contributed by atoms with Crippen LogP contribution in [0.5, 0.6) is 11.5 Å². The molecule has 8 nitrogen and oxygen atoms in total. The second kappa shape index (κ2) is 10.8. The van der Waals surface area contributed by atoms with Crippen LogP contribution in [0.1, 0.15) is 28.2 Å². The highest BCUT2D eigenvalue weighted by Gasteiger charge is 2.17. The van der Waals surface area contributed by atoms with Crippen LogP contribution in [-0.2, 0) is 24.4 Å². The molecule has 1 amide bonds. The molecule has 3 rings (SSSR count). The van der Waals surface area contributed by atoms with Gasteiger partial charge in [0.05, 0.1) is 7.11 Å². The third-order valence-electron chi connectivity index (χ3n) is 5.52. The fourth-order valence-electron chi connectivity index (χ4n) is 3.47. The maximum atomic E-state index is 13.2. The van der Waals surface area contributed by atoms with E-state index in [1.807, 2.05) is 32.0 Å². The number of nitrogens with zero attached hydrogens (tertiary/aromatic N) is 2. The fourth-order valence-corrected chi connectivity index (χ4v) is 3.47.